The number of carbonyl (C=O) groups is 1. The van der Waals surface area contributed by atoms with E-state index >= 15 is 0 Å². The number of anilines is 2. The predicted octanol–water partition coefficient (Wildman–Crippen LogP) is 0.968. The number of nitriles is 1. The van der Waals surface area contributed by atoms with Gasteiger partial charge in [-0.3, -0.25) is 18.7 Å². The molecular weight excluding hydrogens is 428 g/mol. The lowest BCUT2D eigenvalue weighted by molar-refractivity contribution is -0.120. The van der Waals surface area contributed by atoms with Crippen LogP contribution in [-0.4, -0.2) is 33.1 Å². The summed E-state index contributed by atoms with van der Waals surface area (Å²) in [5.74, 6) is 0.163. The van der Waals surface area contributed by atoms with E-state index in [1.54, 1.807) is 23.2 Å². The fourth-order valence-corrected chi connectivity index (χ4v) is 3.60. The third-order valence-electron chi connectivity index (χ3n) is 4.82. The van der Waals surface area contributed by atoms with Gasteiger partial charge in [-0.1, -0.05) is 0 Å². The molecule has 3 heterocycles. The van der Waals surface area contributed by atoms with Gasteiger partial charge in [-0.15, -0.1) is 0 Å². The molecule has 3 rings (SSSR count). The highest BCUT2D eigenvalue weighted by Crippen LogP contribution is 2.24. The average molecular weight is 447 g/mol. The number of pyridine rings is 1. The molecule has 0 saturated carbocycles. The lowest BCUT2D eigenvalue weighted by Crippen LogP contribution is -2.47. The van der Waals surface area contributed by atoms with E-state index in [2.05, 4.69) is 26.2 Å². The minimum absolute atomic E-state index is 0.0970. The summed E-state index contributed by atoms with van der Waals surface area (Å²) in [6.07, 6.45) is 2.96. The fourth-order valence-electron chi connectivity index (χ4n) is 3.36. The van der Waals surface area contributed by atoms with Crippen molar-refractivity contribution in [2.75, 3.05) is 23.3 Å². The number of halogens is 1. The van der Waals surface area contributed by atoms with Crippen molar-refractivity contribution in [1.29, 1.82) is 5.26 Å². The molecule has 0 spiro atoms. The van der Waals surface area contributed by atoms with Crippen LogP contribution in [0.2, 0.25) is 0 Å². The topological polar surface area (TPSA) is 113 Å². The van der Waals surface area contributed by atoms with Crippen LogP contribution in [0.5, 0.6) is 0 Å². The summed E-state index contributed by atoms with van der Waals surface area (Å²) < 4.78 is 3.01. The standard InChI is InChI=1S/C18H19BrN6O3/c1-23-16(13(8-20)17(27)24(2)18(23)28)25-7-3-4-11(10-25)15(26)22-14-6-5-12(19)9-21-14/h5-6,9,11H,3-4,7,10H2,1-2H3,(H,21,22,26)/t11-/m0/s1. The Morgan fingerprint density at radius 1 is 1.32 bits per heavy atom. The van der Waals surface area contributed by atoms with Crippen molar-refractivity contribution < 1.29 is 4.79 Å². The predicted molar refractivity (Wildman–Crippen MR) is 107 cm³/mol. The molecule has 1 atom stereocenters. The highest BCUT2D eigenvalue weighted by atomic mass is 79.9. The molecule has 2 aromatic heterocycles. The SMILES string of the molecule is Cn1c(N2CCC[C@H](C(=O)Nc3ccc(Br)cn3)C2)c(C#N)c(=O)n(C)c1=O. The van der Waals surface area contributed by atoms with E-state index in [0.717, 1.165) is 9.04 Å². The third kappa shape index (κ3) is 3.71. The number of rotatable bonds is 3. The number of nitrogens with one attached hydrogen (secondary N) is 1. The van der Waals surface area contributed by atoms with Gasteiger partial charge in [0.1, 0.15) is 17.7 Å². The number of amides is 1. The lowest BCUT2D eigenvalue weighted by atomic mass is 9.96. The molecule has 0 bridgehead atoms. The van der Waals surface area contributed by atoms with Crippen molar-refractivity contribution in [3.63, 3.8) is 0 Å². The van der Waals surface area contributed by atoms with Crippen LogP contribution in [0.15, 0.2) is 32.4 Å². The second-order valence-electron chi connectivity index (χ2n) is 6.65. The zero-order chi connectivity index (χ0) is 20.4. The van der Waals surface area contributed by atoms with Crippen LogP contribution in [0.1, 0.15) is 18.4 Å². The number of aromatic nitrogens is 3. The Bertz CT molecular complexity index is 1070. The molecule has 1 N–H and O–H groups in total. The summed E-state index contributed by atoms with van der Waals surface area (Å²) in [6, 6.07) is 5.39. The van der Waals surface area contributed by atoms with E-state index in [0.29, 0.717) is 31.7 Å². The van der Waals surface area contributed by atoms with Crippen LogP contribution >= 0.6 is 15.9 Å². The summed E-state index contributed by atoms with van der Waals surface area (Å²) in [7, 11) is 2.86. The van der Waals surface area contributed by atoms with E-state index < -0.39 is 11.2 Å². The summed E-state index contributed by atoms with van der Waals surface area (Å²) in [6.45, 7) is 0.854. The first-order chi connectivity index (χ1) is 13.3. The van der Waals surface area contributed by atoms with Gasteiger partial charge in [0.25, 0.3) is 5.56 Å². The van der Waals surface area contributed by atoms with Gasteiger partial charge in [0.15, 0.2) is 5.56 Å². The molecule has 10 heteroatoms. The normalized spacial score (nSPS) is 16.5. The van der Waals surface area contributed by atoms with Crippen molar-refractivity contribution in [3.8, 4) is 6.07 Å². The van der Waals surface area contributed by atoms with E-state index in [-0.39, 0.29) is 23.2 Å². The summed E-state index contributed by atoms with van der Waals surface area (Å²) in [4.78, 5) is 43.2. The maximum absolute atomic E-state index is 12.7. The van der Waals surface area contributed by atoms with Crippen molar-refractivity contribution in [3.05, 3.63) is 49.2 Å². The first-order valence-corrected chi connectivity index (χ1v) is 9.50. The Kier molecular flexibility index (Phi) is 5.65. The van der Waals surface area contributed by atoms with Crippen molar-refractivity contribution in [2.24, 2.45) is 20.0 Å². The van der Waals surface area contributed by atoms with Crippen LogP contribution in [0.25, 0.3) is 0 Å². The minimum atomic E-state index is -0.633. The van der Waals surface area contributed by atoms with E-state index in [4.69, 9.17) is 0 Å². The summed E-state index contributed by atoms with van der Waals surface area (Å²) >= 11 is 3.30. The molecule has 2 aromatic rings. The van der Waals surface area contributed by atoms with Crippen molar-refractivity contribution in [2.45, 2.75) is 12.8 Å². The maximum atomic E-state index is 12.7. The number of carbonyl (C=O) groups excluding carboxylic acids is 1. The number of piperidine rings is 1. The number of hydrogen-bond donors (Lipinski definition) is 1. The molecule has 9 nitrogen and oxygen atoms in total. The van der Waals surface area contributed by atoms with Gasteiger partial charge in [0.05, 0.1) is 5.92 Å². The Morgan fingerprint density at radius 3 is 2.71 bits per heavy atom. The number of nitrogens with zero attached hydrogens (tertiary/aromatic N) is 5. The zero-order valence-corrected chi connectivity index (χ0v) is 17.1. The quantitative estimate of drug-likeness (QED) is 0.751. The van der Waals surface area contributed by atoms with Crippen LogP contribution in [0.3, 0.4) is 0 Å². The van der Waals surface area contributed by atoms with Gasteiger partial charge in [0, 0.05) is 37.9 Å². The second-order valence-corrected chi connectivity index (χ2v) is 7.57. The molecule has 1 aliphatic heterocycles. The summed E-state index contributed by atoms with van der Waals surface area (Å²) in [5, 5.41) is 12.3. The van der Waals surface area contributed by atoms with Crippen molar-refractivity contribution in [1.82, 2.24) is 14.1 Å². The zero-order valence-electron chi connectivity index (χ0n) is 15.5. The molecule has 0 aromatic carbocycles. The van der Waals surface area contributed by atoms with Crippen LogP contribution < -0.4 is 21.5 Å². The molecule has 1 fully saturated rings. The van der Waals surface area contributed by atoms with Gasteiger partial charge in [-0.05, 0) is 40.9 Å². The fraction of sp³-hybridized carbons (Fsp3) is 0.389. The Balaban J connectivity index is 1.87. The van der Waals surface area contributed by atoms with Crippen LogP contribution in [0.4, 0.5) is 11.6 Å². The van der Waals surface area contributed by atoms with E-state index in [1.807, 2.05) is 6.07 Å². The van der Waals surface area contributed by atoms with Gasteiger partial charge in [0.2, 0.25) is 5.91 Å². The summed E-state index contributed by atoms with van der Waals surface area (Å²) in [5.41, 5.74) is -1.24. The van der Waals surface area contributed by atoms with Gasteiger partial charge < -0.3 is 10.2 Å². The molecule has 1 aliphatic rings. The maximum Gasteiger partial charge on any atom is 0.332 e. The third-order valence-corrected chi connectivity index (χ3v) is 5.28. The molecule has 1 saturated heterocycles. The van der Waals surface area contributed by atoms with Gasteiger partial charge in [-0.2, -0.15) is 5.26 Å². The van der Waals surface area contributed by atoms with E-state index in [1.165, 1.54) is 18.7 Å². The Labute approximate surface area is 169 Å². The van der Waals surface area contributed by atoms with Gasteiger partial charge in [-0.25, -0.2) is 9.78 Å². The molecule has 0 unspecified atom stereocenters. The minimum Gasteiger partial charge on any atom is -0.356 e. The van der Waals surface area contributed by atoms with Crippen molar-refractivity contribution >= 4 is 33.5 Å². The molecule has 28 heavy (non-hydrogen) atoms. The van der Waals surface area contributed by atoms with Crippen LogP contribution in [0, 0.1) is 17.2 Å². The van der Waals surface area contributed by atoms with E-state index in [9.17, 15) is 19.6 Å². The largest absolute Gasteiger partial charge is 0.356 e. The lowest BCUT2D eigenvalue weighted by Gasteiger charge is -2.34. The average Bonchev–Trinajstić information content (AvgIpc) is 2.70. The van der Waals surface area contributed by atoms with Crippen LogP contribution in [-0.2, 0) is 18.9 Å². The first-order valence-electron chi connectivity index (χ1n) is 8.71. The highest BCUT2D eigenvalue weighted by Gasteiger charge is 2.30. The molecular formula is C18H19BrN6O3. The molecule has 0 aliphatic carbocycles. The highest BCUT2D eigenvalue weighted by molar-refractivity contribution is 9.10. The Morgan fingerprint density at radius 2 is 2.07 bits per heavy atom. The number of hydrogen-bond acceptors (Lipinski definition) is 6. The smallest absolute Gasteiger partial charge is 0.332 e. The molecule has 0 radical (unpaired) electrons. The molecule has 146 valence electrons. The second kappa shape index (κ2) is 7.98. The molecule has 1 amide bonds. The Hall–Kier alpha value is -2.93. The monoisotopic (exact) mass is 446 g/mol. The van der Waals surface area contributed by atoms with Gasteiger partial charge >= 0.3 is 5.69 Å². The first kappa shape index (κ1) is 19.8.